The fraction of sp³-hybridized carbons (Fsp3) is 0.294. The fourth-order valence-corrected chi connectivity index (χ4v) is 4.41. The van der Waals surface area contributed by atoms with Crippen LogP contribution < -0.4 is 9.47 Å². The predicted octanol–water partition coefficient (Wildman–Crippen LogP) is 9.56. The molecule has 0 atom stereocenters. The monoisotopic (exact) mass is 478 g/mol. The third kappa shape index (κ3) is 5.65. The Morgan fingerprint density at radius 1 is 0.500 bits per heavy atom. The molecule has 0 aliphatic rings. The second-order valence-electron chi connectivity index (χ2n) is 10.5. The van der Waals surface area contributed by atoms with Crippen molar-refractivity contribution in [3.63, 3.8) is 0 Å². The van der Waals surface area contributed by atoms with Crippen molar-refractivity contribution in [2.75, 3.05) is 6.61 Å². The standard InChI is InChI=1S/C34H38O2/c1-7-33(3,4)27-13-9-25(10-14-27)26-11-19-31(20-12-26)36-32-23-17-29(18-24-32)34(5,6)28-15-21-30(22-16-28)35-8-2/h9-24H,7-8H2,1-6H3. The highest BCUT2D eigenvalue weighted by molar-refractivity contribution is 5.64. The molecule has 186 valence electrons. The lowest BCUT2D eigenvalue weighted by molar-refractivity contribution is 0.340. The molecule has 2 nitrogen and oxygen atoms in total. The van der Waals surface area contributed by atoms with Crippen molar-refractivity contribution < 1.29 is 9.47 Å². The third-order valence-electron chi connectivity index (χ3n) is 7.44. The molecule has 0 saturated heterocycles. The van der Waals surface area contributed by atoms with Crippen molar-refractivity contribution in [2.24, 2.45) is 0 Å². The lowest BCUT2D eigenvalue weighted by atomic mass is 9.78. The maximum Gasteiger partial charge on any atom is 0.127 e. The first-order chi connectivity index (χ1) is 17.2. The molecule has 0 amide bonds. The van der Waals surface area contributed by atoms with Crippen molar-refractivity contribution in [3.8, 4) is 28.4 Å². The average molecular weight is 479 g/mol. The van der Waals surface area contributed by atoms with E-state index >= 15 is 0 Å². The van der Waals surface area contributed by atoms with Gasteiger partial charge in [-0.15, -0.1) is 0 Å². The van der Waals surface area contributed by atoms with Gasteiger partial charge in [-0.1, -0.05) is 95.3 Å². The first kappa shape index (κ1) is 25.6. The van der Waals surface area contributed by atoms with Gasteiger partial charge in [0.25, 0.3) is 0 Å². The second kappa shape index (κ2) is 10.6. The predicted molar refractivity (Wildman–Crippen MR) is 151 cm³/mol. The van der Waals surface area contributed by atoms with Gasteiger partial charge in [0.05, 0.1) is 6.61 Å². The largest absolute Gasteiger partial charge is 0.494 e. The Balaban J connectivity index is 1.43. The highest BCUT2D eigenvalue weighted by Crippen LogP contribution is 2.35. The van der Waals surface area contributed by atoms with E-state index in [-0.39, 0.29) is 10.8 Å². The van der Waals surface area contributed by atoms with Crippen LogP contribution in [-0.4, -0.2) is 6.61 Å². The minimum atomic E-state index is -0.118. The maximum absolute atomic E-state index is 6.15. The molecule has 0 saturated carbocycles. The molecule has 0 unspecified atom stereocenters. The number of rotatable bonds is 9. The van der Waals surface area contributed by atoms with Gasteiger partial charge < -0.3 is 9.47 Å². The van der Waals surface area contributed by atoms with E-state index in [9.17, 15) is 0 Å². The van der Waals surface area contributed by atoms with Gasteiger partial charge in [-0.2, -0.15) is 0 Å². The molecule has 4 aromatic carbocycles. The number of benzene rings is 4. The van der Waals surface area contributed by atoms with E-state index in [1.807, 2.05) is 43.3 Å². The molecule has 0 aliphatic heterocycles. The van der Waals surface area contributed by atoms with Crippen molar-refractivity contribution >= 4 is 0 Å². The van der Waals surface area contributed by atoms with Gasteiger partial charge in [0.1, 0.15) is 17.2 Å². The zero-order chi connectivity index (χ0) is 25.8. The van der Waals surface area contributed by atoms with Crippen LogP contribution in [0.2, 0.25) is 0 Å². The van der Waals surface area contributed by atoms with Gasteiger partial charge in [-0.25, -0.2) is 0 Å². The molecule has 4 aromatic rings. The molecule has 0 heterocycles. The van der Waals surface area contributed by atoms with Gasteiger partial charge in [0.2, 0.25) is 0 Å². The zero-order valence-electron chi connectivity index (χ0n) is 22.5. The van der Waals surface area contributed by atoms with E-state index in [1.54, 1.807) is 0 Å². The molecule has 0 radical (unpaired) electrons. The SMILES string of the molecule is CCOc1ccc(C(C)(C)c2ccc(Oc3ccc(-c4ccc(C(C)(C)CC)cc4)cc3)cc2)cc1. The Bertz CT molecular complexity index is 1250. The Morgan fingerprint density at radius 3 is 1.33 bits per heavy atom. The van der Waals surface area contributed by atoms with Crippen LogP contribution >= 0.6 is 0 Å². The lowest BCUT2D eigenvalue weighted by Crippen LogP contribution is -2.18. The highest BCUT2D eigenvalue weighted by Gasteiger charge is 2.23. The van der Waals surface area contributed by atoms with Crippen molar-refractivity contribution in [3.05, 3.63) is 114 Å². The van der Waals surface area contributed by atoms with Crippen LogP contribution in [0.5, 0.6) is 17.2 Å². The molecular formula is C34H38O2. The number of hydrogen-bond acceptors (Lipinski definition) is 2. The number of ether oxygens (including phenoxy) is 2. The van der Waals surface area contributed by atoms with Gasteiger partial charge in [0.15, 0.2) is 0 Å². The second-order valence-corrected chi connectivity index (χ2v) is 10.5. The Hall–Kier alpha value is -3.52. The van der Waals surface area contributed by atoms with E-state index in [2.05, 4.69) is 95.3 Å². The quantitative estimate of drug-likeness (QED) is 0.238. The maximum atomic E-state index is 6.15. The first-order valence-corrected chi connectivity index (χ1v) is 13.0. The molecule has 0 bridgehead atoms. The summed E-state index contributed by atoms with van der Waals surface area (Å²) in [7, 11) is 0. The Labute approximate surface area is 216 Å². The van der Waals surface area contributed by atoms with Gasteiger partial charge in [-0.3, -0.25) is 0 Å². The van der Waals surface area contributed by atoms with Crippen LogP contribution in [0.25, 0.3) is 11.1 Å². The van der Waals surface area contributed by atoms with Gasteiger partial charge >= 0.3 is 0 Å². The smallest absolute Gasteiger partial charge is 0.127 e. The summed E-state index contributed by atoms with van der Waals surface area (Å²) in [4.78, 5) is 0. The Morgan fingerprint density at radius 2 is 0.889 bits per heavy atom. The van der Waals surface area contributed by atoms with Crippen LogP contribution in [0.3, 0.4) is 0 Å². The third-order valence-corrected chi connectivity index (χ3v) is 7.44. The lowest BCUT2D eigenvalue weighted by Gasteiger charge is -2.26. The summed E-state index contributed by atoms with van der Waals surface area (Å²) in [5.41, 5.74) is 6.37. The molecule has 0 N–H and O–H groups in total. The molecule has 4 rings (SSSR count). The summed E-state index contributed by atoms with van der Waals surface area (Å²) in [6.45, 7) is 14.0. The van der Waals surface area contributed by atoms with Crippen molar-refractivity contribution in [2.45, 2.75) is 58.8 Å². The summed E-state index contributed by atoms with van der Waals surface area (Å²) in [6, 6.07) is 34.0. The number of hydrogen-bond donors (Lipinski definition) is 0. The molecule has 0 fully saturated rings. The summed E-state index contributed by atoms with van der Waals surface area (Å²) < 4.78 is 11.7. The fourth-order valence-electron chi connectivity index (χ4n) is 4.41. The minimum Gasteiger partial charge on any atom is -0.494 e. The van der Waals surface area contributed by atoms with E-state index in [4.69, 9.17) is 9.47 Å². The summed E-state index contributed by atoms with van der Waals surface area (Å²) >= 11 is 0. The van der Waals surface area contributed by atoms with E-state index in [0.717, 1.165) is 23.7 Å². The van der Waals surface area contributed by atoms with Crippen molar-refractivity contribution in [1.82, 2.24) is 0 Å². The minimum absolute atomic E-state index is 0.118. The molecule has 2 heteroatoms. The average Bonchev–Trinajstić information content (AvgIpc) is 2.90. The molecular weight excluding hydrogens is 440 g/mol. The first-order valence-electron chi connectivity index (χ1n) is 13.0. The topological polar surface area (TPSA) is 18.5 Å². The summed E-state index contributed by atoms with van der Waals surface area (Å²) in [5.74, 6) is 2.57. The normalized spacial score (nSPS) is 11.8. The van der Waals surface area contributed by atoms with Gasteiger partial charge in [-0.05, 0) is 83.0 Å². The van der Waals surface area contributed by atoms with Crippen LogP contribution in [0.4, 0.5) is 0 Å². The van der Waals surface area contributed by atoms with E-state index in [0.29, 0.717) is 6.61 Å². The molecule has 0 aliphatic carbocycles. The van der Waals surface area contributed by atoms with Crippen LogP contribution in [0, 0.1) is 0 Å². The molecule has 0 aromatic heterocycles. The van der Waals surface area contributed by atoms with Crippen LogP contribution in [0.1, 0.15) is 64.7 Å². The molecule has 36 heavy (non-hydrogen) atoms. The van der Waals surface area contributed by atoms with Crippen LogP contribution in [-0.2, 0) is 10.8 Å². The van der Waals surface area contributed by atoms with E-state index < -0.39 is 0 Å². The van der Waals surface area contributed by atoms with Gasteiger partial charge in [0, 0.05) is 5.41 Å². The Kier molecular flexibility index (Phi) is 7.54. The van der Waals surface area contributed by atoms with Crippen LogP contribution in [0.15, 0.2) is 97.1 Å². The highest BCUT2D eigenvalue weighted by atomic mass is 16.5. The van der Waals surface area contributed by atoms with Crippen molar-refractivity contribution in [1.29, 1.82) is 0 Å². The van der Waals surface area contributed by atoms with E-state index in [1.165, 1.54) is 27.8 Å². The molecule has 0 spiro atoms. The zero-order valence-corrected chi connectivity index (χ0v) is 22.5. The summed E-state index contributed by atoms with van der Waals surface area (Å²) in [6.07, 6.45) is 1.12. The summed E-state index contributed by atoms with van der Waals surface area (Å²) in [5, 5.41) is 0.